The molecule has 2 nitrogen and oxygen atoms in total. The molecule has 1 unspecified atom stereocenters. The molecule has 0 amide bonds. The van der Waals surface area contributed by atoms with E-state index in [1.54, 1.807) is 0 Å². The first-order valence-corrected chi connectivity index (χ1v) is 7.47. The summed E-state index contributed by atoms with van der Waals surface area (Å²) in [6, 6.07) is 16.7. The average molecular weight is 283 g/mol. The Kier molecular flexibility index (Phi) is 4.69. The fraction of sp³-hybridized carbons (Fsp3) is 0.368. The molecule has 0 saturated carbocycles. The second kappa shape index (κ2) is 6.31. The highest BCUT2D eigenvalue weighted by atomic mass is 16.5. The number of para-hydroxylation sites is 2. The molecule has 2 rings (SSSR count). The predicted molar refractivity (Wildman–Crippen MR) is 89.1 cm³/mol. The molecule has 0 aliphatic rings. The van der Waals surface area contributed by atoms with Gasteiger partial charge in [-0.25, -0.2) is 0 Å². The Morgan fingerprint density at radius 2 is 1.48 bits per heavy atom. The van der Waals surface area contributed by atoms with E-state index in [-0.39, 0.29) is 11.5 Å². The van der Waals surface area contributed by atoms with E-state index >= 15 is 0 Å². The molecule has 0 bridgehead atoms. The smallest absolute Gasteiger partial charge is 0.132 e. The van der Waals surface area contributed by atoms with Crippen LogP contribution in [0.5, 0.6) is 11.5 Å². The van der Waals surface area contributed by atoms with Crippen LogP contribution in [0.4, 0.5) is 0 Å². The van der Waals surface area contributed by atoms with E-state index in [0.29, 0.717) is 0 Å². The molecule has 0 fully saturated rings. The summed E-state index contributed by atoms with van der Waals surface area (Å²) in [6.07, 6.45) is 0. The summed E-state index contributed by atoms with van der Waals surface area (Å²) in [4.78, 5) is 0. The Bertz CT molecular complexity index is 599. The van der Waals surface area contributed by atoms with Gasteiger partial charge in [0.25, 0.3) is 0 Å². The van der Waals surface area contributed by atoms with Gasteiger partial charge >= 0.3 is 0 Å². The Labute approximate surface area is 128 Å². The van der Waals surface area contributed by atoms with Gasteiger partial charge in [0.2, 0.25) is 0 Å². The standard InChI is InChI=1S/C19H25NO/c1-14(20-5)15-10-6-8-12-17(15)21-18-13-9-7-11-16(18)19(2,3)4/h6-14,20H,1-5H3. The molecule has 0 aliphatic heterocycles. The highest BCUT2D eigenvalue weighted by Crippen LogP contribution is 2.36. The van der Waals surface area contributed by atoms with Crippen LogP contribution < -0.4 is 10.1 Å². The lowest BCUT2D eigenvalue weighted by Gasteiger charge is -2.24. The van der Waals surface area contributed by atoms with Crippen LogP contribution in [0, 0.1) is 0 Å². The van der Waals surface area contributed by atoms with E-state index < -0.39 is 0 Å². The van der Waals surface area contributed by atoms with Gasteiger partial charge in [0.1, 0.15) is 11.5 Å². The molecule has 0 radical (unpaired) electrons. The molecule has 0 heterocycles. The summed E-state index contributed by atoms with van der Waals surface area (Å²) in [5, 5.41) is 3.27. The SMILES string of the molecule is CNC(C)c1ccccc1Oc1ccccc1C(C)(C)C. The van der Waals surface area contributed by atoms with Crippen molar-refractivity contribution in [1.29, 1.82) is 0 Å². The van der Waals surface area contributed by atoms with Crippen LogP contribution in [0.15, 0.2) is 48.5 Å². The maximum atomic E-state index is 6.25. The molecule has 0 aromatic heterocycles. The normalized spacial score (nSPS) is 13.0. The van der Waals surface area contributed by atoms with Crippen molar-refractivity contribution in [2.24, 2.45) is 0 Å². The van der Waals surface area contributed by atoms with Crippen molar-refractivity contribution in [1.82, 2.24) is 5.32 Å². The lowest BCUT2D eigenvalue weighted by atomic mass is 9.86. The van der Waals surface area contributed by atoms with Gasteiger partial charge in [0.15, 0.2) is 0 Å². The molecular weight excluding hydrogens is 258 g/mol. The Morgan fingerprint density at radius 3 is 2.10 bits per heavy atom. The molecule has 2 heteroatoms. The first-order chi connectivity index (χ1) is 9.93. The zero-order valence-electron chi connectivity index (χ0n) is 13.6. The van der Waals surface area contributed by atoms with Crippen molar-refractivity contribution in [3.05, 3.63) is 59.7 Å². The number of benzene rings is 2. The minimum absolute atomic E-state index is 0.0557. The first kappa shape index (κ1) is 15.6. The molecular formula is C19H25NO. The Balaban J connectivity index is 2.40. The lowest BCUT2D eigenvalue weighted by molar-refractivity contribution is 0.444. The van der Waals surface area contributed by atoms with E-state index in [9.17, 15) is 0 Å². The minimum Gasteiger partial charge on any atom is -0.457 e. The number of ether oxygens (including phenoxy) is 1. The summed E-state index contributed by atoms with van der Waals surface area (Å²) in [5.41, 5.74) is 2.45. The zero-order chi connectivity index (χ0) is 15.5. The topological polar surface area (TPSA) is 21.3 Å². The molecule has 2 aromatic rings. The Morgan fingerprint density at radius 1 is 0.905 bits per heavy atom. The minimum atomic E-state index is 0.0557. The van der Waals surface area contributed by atoms with Gasteiger partial charge in [0.05, 0.1) is 0 Å². The summed E-state index contributed by atoms with van der Waals surface area (Å²) in [6.45, 7) is 8.75. The summed E-state index contributed by atoms with van der Waals surface area (Å²) < 4.78 is 6.25. The highest BCUT2D eigenvalue weighted by molar-refractivity contribution is 5.44. The number of hydrogen-bond acceptors (Lipinski definition) is 2. The zero-order valence-corrected chi connectivity index (χ0v) is 13.6. The molecule has 0 aliphatic carbocycles. The third-order valence-electron chi connectivity index (χ3n) is 3.73. The maximum absolute atomic E-state index is 6.25. The fourth-order valence-corrected chi connectivity index (χ4v) is 2.38. The summed E-state index contributed by atoms with van der Waals surface area (Å²) in [7, 11) is 1.96. The van der Waals surface area contributed by atoms with E-state index in [1.165, 1.54) is 11.1 Å². The van der Waals surface area contributed by atoms with Crippen molar-refractivity contribution in [2.75, 3.05) is 7.05 Å². The van der Waals surface area contributed by atoms with Crippen molar-refractivity contribution >= 4 is 0 Å². The van der Waals surface area contributed by atoms with E-state index in [1.807, 2.05) is 37.4 Å². The quantitative estimate of drug-likeness (QED) is 0.847. The monoisotopic (exact) mass is 283 g/mol. The van der Waals surface area contributed by atoms with Gasteiger partial charge in [-0.1, -0.05) is 57.2 Å². The van der Waals surface area contributed by atoms with Gasteiger partial charge in [-0.15, -0.1) is 0 Å². The van der Waals surface area contributed by atoms with Crippen molar-refractivity contribution in [2.45, 2.75) is 39.2 Å². The van der Waals surface area contributed by atoms with E-state index in [2.05, 4.69) is 51.2 Å². The lowest BCUT2D eigenvalue weighted by Crippen LogP contribution is -2.14. The molecule has 0 spiro atoms. The maximum Gasteiger partial charge on any atom is 0.132 e. The molecule has 1 atom stereocenters. The fourth-order valence-electron chi connectivity index (χ4n) is 2.38. The third kappa shape index (κ3) is 3.64. The molecule has 0 saturated heterocycles. The van der Waals surface area contributed by atoms with Crippen LogP contribution in [0.1, 0.15) is 44.9 Å². The van der Waals surface area contributed by atoms with Crippen LogP contribution in [-0.2, 0) is 5.41 Å². The molecule has 2 aromatic carbocycles. The second-order valence-corrected chi connectivity index (χ2v) is 6.40. The van der Waals surface area contributed by atoms with Crippen molar-refractivity contribution in [3.63, 3.8) is 0 Å². The van der Waals surface area contributed by atoms with Gasteiger partial charge in [-0.05, 0) is 31.5 Å². The van der Waals surface area contributed by atoms with Crippen molar-refractivity contribution in [3.8, 4) is 11.5 Å². The van der Waals surface area contributed by atoms with Gasteiger partial charge in [-0.3, -0.25) is 0 Å². The Hall–Kier alpha value is -1.80. The molecule has 112 valence electrons. The van der Waals surface area contributed by atoms with Crippen LogP contribution in [0.2, 0.25) is 0 Å². The first-order valence-electron chi connectivity index (χ1n) is 7.47. The van der Waals surface area contributed by atoms with E-state index in [0.717, 1.165) is 11.5 Å². The van der Waals surface area contributed by atoms with E-state index in [4.69, 9.17) is 4.74 Å². The van der Waals surface area contributed by atoms with Gasteiger partial charge in [-0.2, -0.15) is 0 Å². The van der Waals surface area contributed by atoms with Crippen LogP contribution >= 0.6 is 0 Å². The van der Waals surface area contributed by atoms with Crippen LogP contribution in [0.25, 0.3) is 0 Å². The van der Waals surface area contributed by atoms with Gasteiger partial charge < -0.3 is 10.1 Å². The summed E-state index contributed by atoms with van der Waals surface area (Å²) >= 11 is 0. The largest absolute Gasteiger partial charge is 0.457 e. The summed E-state index contributed by atoms with van der Waals surface area (Å²) in [5.74, 6) is 1.84. The molecule has 1 N–H and O–H groups in total. The second-order valence-electron chi connectivity index (χ2n) is 6.40. The predicted octanol–water partition coefficient (Wildman–Crippen LogP) is 5.06. The van der Waals surface area contributed by atoms with Crippen LogP contribution in [0.3, 0.4) is 0 Å². The number of nitrogens with one attached hydrogen (secondary N) is 1. The molecule has 21 heavy (non-hydrogen) atoms. The number of hydrogen-bond donors (Lipinski definition) is 1. The number of rotatable bonds is 4. The van der Waals surface area contributed by atoms with Crippen LogP contribution in [-0.4, -0.2) is 7.05 Å². The third-order valence-corrected chi connectivity index (χ3v) is 3.73. The van der Waals surface area contributed by atoms with Crippen molar-refractivity contribution < 1.29 is 4.74 Å². The highest BCUT2D eigenvalue weighted by Gasteiger charge is 2.19. The van der Waals surface area contributed by atoms with Gasteiger partial charge in [0, 0.05) is 17.2 Å². The average Bonchev–Trinajstić information content (AvgIpc) is 2.46.